The maximum atomic E-state index is 12.1. The van der Waals surface area contributed by atoms with Crippen molar-refractivity contribution in [3.63, 3.8) is 0 Å². The van der Waals surface area contributed by atoms with E-state index in [1.807, 2.05) is 0 Å². The van der Waals surface area contributed by atoms with Crippen molar-refractivity contribution in [3.05, 3.63) is 46.1 Å². The topological polar surface area (TPSA) is 118 Å². The fraction of sp³-hybridized carbons (Fsp3) is 0.333. The third-order valence-electron chi connectivity index (χ3n) is 3.58. The number of hydrogen-bond acceptors (Lipinski definition) is 7. The Kier molecular flexibility index (Phi) is 5.24. The van der Waals surface area contributed by atoms with Crippen LogP contribution in [0.1, 0.15) is 5.56 Å². The first-order valence-corrected chi connectivity index (χ1v) is 7.83. The van der Waals surface area contributed by atoms with Crippen molar-refractivity contribution in [1.82, 2.24) is 14.9 Å². The SMILES string of the molecule is O=C(NCc1ccc(OC(F)(F)F)cc1)O[C@@H]1COc2nc([N+](=O)[O-])cn2C1. The molecule has 1 amide bonds. The second-order valence-electron chi connectivity index (χ2n) is 5.67. The van der Waals surface area contributed by atoms with E-state index in [0.29, 0.717) is 5.56 Å². The molecule has 2 heterocycles. The minimum Gasteiger partial charge on any atom is -0.442 e. The molecular weight excluding hydrogens is 389 g/mol. The van der Waals surface area contributed by atoms with E-state index in [9.17, 15) is 28.1 Å². The number of nitrogens with one attached hydrogen (secondary N) is 1. The zero-order valence-corrected chi connectivity index (χ0v) is 14.0. The van der Waals surface area contributed by atoms with E-state index in [0.717, 1.165) is 12.1 Å². The molecule has 1 atom stereocenters. The van der Waals surface area contributed by atoms with Gasteiger partial charge in [0.1, 0.15) is 18.6 Å². The fourth-order valence-electron chi connectivity index (χ4n) is 2.41. The van der Waals surface area contributed by atoms with Crippen LogP contribution in [-0.2, 0) is 17.8 Å². The van der Waals surface area contributed by atoms with Crippen LogP contribution in [0.5, 0.6) is 11.8 Å². The van der Waals surface area contributed by atoms with Crippen molar-refractivity contribution < 1.29 is 37.1 Å². The number of carbonyl (C=O) groups is 1. The standard InChI is InChI=1S/C15H13F3N4O6/c16-15(17,18)28-10-3-1-9(2-4-10)5-19-14(23)27-11-6-21-7-12(22(24)25)20-13(21)26-8-11/h1-4,7,11H,5-6,8H2,(H,19,23)/t11-/m0/s1. The van der Waals surface area contributed by atoms with Crippen molar-refractivity contribution >= 4 is 11.9 Å². The van der Waals surface area contributed by atoms with Crippen molar-refractivity contribution in [2.75, 3.05) is 6.61 Å². The van der Waals surface area contributed by atoms with Gasteiger partial charge in [-0.2, -0.15) is 0 Å². The summed E-state index contributed by atoms with van der Waals surface area (Å²) in [5.74, 6) is -0.749. The molecule has 0 unspecified atom stereocenters. The predicted molar refractivity (Wildman–Crippen MR) is 84.6 cm³/mol. The monoisotopic (exact) mass is 402 g/mol. The summed E-state index contributed by atoms with van der Waals surface area (Å²) in [6, 6.07) is 5.04. The highest BCUT2D eigenvalue weighted by Gasteiger charge is 2.31. The summed E-state index contributed by atoms with van der Waals surface area (Å²) in [6.07, 6.45) is -5.07. The first-order valence-electron chi connectivity index (χ1n) is 7.83. The van der Waals surface area contributed by atoms with Crippen LogP contribution in [0, 0.1) is 10.1 Å². The summed E-state index contributed by atoms with van der Waals surface area (Å²) in [7, 11) is 0. The number of alkyl carbamates (subject to hydrolysis) is 1. The lowest BCUT2D eigenvalue weighted by molar-refractivity contribution is -0.389. The summed E-state index contributed by atoms with van der Waals surface area (Å²) in [5.41, 5.74) is 0.527. The molecule has 0 bridgehead atoms. The van der Waals surface area contributed by atoms with E-state index in [2.05, 4.69) is 15.0 Å². The van der Waals surface area contributed by atoms with Crippen LogP contribution in [0.4, 0.5) is 23.8 Å². The number of halogens is 3. The highest BCUT2D eigenvalue weighted by atomic mass is 19.4. The number of nitro groups is 1. The number of rotatable bonds is 5. The van der Waals surface area contributed by atoms with Gasteiger partial charge in [0.15, 0.2) is 6.10 Å². The molecule has 0 radical (unpaired) electrons. The highest BCUT2D eigenvalue weighted by molar-refractivity contribution is 5.67. The molecule has 10 nitrogen and oxygen atoms in total. The molecule has 0 spiro atoms. The molecular formula is C15H13F3N4O6. The quantitative estimate of drug-likeness (QED) is 0.603. The summed E-state index contributed by atoms with van der Waals surface area (Å²) in [6.45, 7) is 0.124. The summed E-state index contributed by atoms with van der Waals surface area (Å²) in [5, 5.41) is 13.2. The van der Waals surface area contributed by atoms with Gasteiger partial charge in [0, 0.05) is 11.5 Å². The fourth-order valence-corrected chi connectivity index (χ4v) is 2.41. The molecule has 1 aromatic heterocycles. The van der Waals surface area contributed by atoms with Crippen molar-refractivity contribution in [2.45, 2.75) is 25.6 Å². The minimum atomic E-state index is -4.78. The number of benzene rings is 1. The van der Waals surface area contributed by atoms with Gasteiger partial charge in [-0.25, -0.2) is 4.79 Å². The molecule has 1 aliphatic rings. The molecule has 0 saturated heterocycles. The van der Waals surface area contributed by atoms with Gasteiger partial charge in [0.05, 0.1) is 6.54 Å². The average molecular weight is 402 g/mol. The third kappa shape index (κ3) is 5.02. The van der Waals surface area contributed by atoms with Gasteiger partial charge in [-0.05, 0) is 22.6 Å². The first-order chi connectivity index (χ1) is 13.2. The van der Waals surface area contributed by atoms with Gasteiger partial charge in [-0.15, -0.1) is 13.2 Å². The van der Waals surface area contributed by atoms with Gasteiger partial charge in [0.25, 0.3) is 0 Å². The van der Waals surface area contributed by atoms with Crippen LogP contribution in [0.25, 0.3) is 0 Å². The van der Waals surface area contributed by atoms with E-state index in [4.69, 9.17) is 9.47 Å². The summed E-state index contributed by atoms with van der Waals surface area (Å²) >= 11 is 0. The van der Waals surface area contributed by atoms with E-state index >= 15 is 0 Å². The van der Waals surface area contributed by atoms with Crippen molar-refractivity contribution in [3.8, 4) is 11.8 Å². The van der Waals surface area contributed by atoms with Gasteiger partial charge >= 0.3 is 24.3 Å². The Hall–Kier alpha value is -3.51. The summed E-state index contributed by atoms with van der Waals surface area (Å²) < 4.78 is 51.8. The number of aromatic nitrogens is 2. The minimum absolute atomic E-state index is 0.0144. The van der Waals surface area contributed by atoms with E-state index in [1.165, 1.54) is 22.9 Å². The Morgan fingerprint density at radius 3 is 2.75 bits per heavy atom. The Balaban J connectivity index is 1.47. The van der Waals surface area contributed by atoms with Gasteiger partial charge in [0.2, 0.25) is 0 Å². The van der Waals surface area contributed by atoms with Crippen LogP contribution in [0.3, 0.4) is 0 Å². The lowest BCUT2D eigenvalue weighted by Crippen LogP contribution is -2.37. The molecule has 1 aliphatic heterocycles. The number of carbonyl (C=O) groups excluding carboxylic acids is 1. The highest BCUT2D eigenvalue weighted by Crippen LogP contribution is 2.23. The third-order valence-corrected chi connectivity index (χ3v) is 3.58. The smallest absolute Gasteiger partial charge is 0.442 e. The molecule has 150 valence electrons. The molecule has 28 heavy (non-hydrogen) atoms. The normalized spacial score (nSPS) is 15.9. The second kappa shape index (κ2) is 7.62. The zero-order chi connectivity index (χ0) is 20.3. The molecule has 2 aromatic rings. The largest absolute Gasteiger partial charge is 0.573 e. The number of hydrogen-bond donors (Lipinski definition) is 1. The first kappa shape index (κ1) is 19.3. The Bertz CT molecular complexity index is 868. The van der Waals surface area contributed by atoms with Crippen molar-refractivity contribution in [2.24, 2.45) is 0 Å². The van der Waals surface area contributed by atoms with Crippen LogP contribution in [0.15, 0.2) is 30.5 Å². The Labute approximate surface area is 155 Å². The maximum Gasteiger partial charge on any atom is 0.573 e. The molecule has 13 heteroatoms. The molecule has 3 rings (SSSR count). The zero-order valence-electron chi connectivity index (χ0n) is 14.0. The Morgan fingerprint density at radius 1 is 1.39 bits per heavy atom. The maximum absolute atomic E-state index is 12.1. The van der Waals surface area contributed by atoms with Crippen molar-refractivity contribution in [1.29, 1.82) is 0 Å². The number of imidazole rings is 1. The van der Waals surface area contributed by atoms with Crippen LogP contribution in [-0.4, -0.2) is 39.6 Å². The van der Waals surface area contributed by atoms with Gasteiger partial charge < -0.3 is 29.6 Å². The number of ether oxygens (including phenoxy) is 3. The molecule has 1 aromatic carbocycles. The number of fused-ring (bicyclic) bond motifs is 1. The van der Waals surface area contributed by atoms with E-state index in [-0.39, 0.29) is 37.3 Å². The van der Waals surface area contributed by atoms with E-state index in [1.54, 1.807) is 0 Å². The summed E-state index contributed by atoms with van der Waals surface area (Å²) in [4.78, 5) is 25.6. The van der Waals surface area contributed by atoms with Gasteiger partial charge in [-0.1, -0.05) is 12.1 Å². The van der Waals surface area contributed by atoms with Crippen LogP contribution in [0.2, 0.25) is 0 Å². The Morgan fingerprint density at radius 2 is 2.11 bits per heavy atom. The lowest BCUT2D eigenvalue weighted by atomic mass is 10.2. The van der Waals surface area contributed by atoms with Gasteiger partial charge in [-0.3, -0.25) is 4.57 Å². The molecule has 0 aliphatic carbocycles. The molecule has 1 N–H and O–H groups in total. The number of nitrogens with zero attached hydrogens (tertiary/aromatic N) is 3. The number of amides is 1. The second-order valence-corrected chi connectivity index (χ2v) is 5.67. The van der Waals surface area contributed by atoms with E-state index < -0.39 is 23.5 Å². The molecule has 0 fully saturated rings. The lowest BCUT2D eigenvalue weighted by Gasteiger charge is -2.22. The predicted octanol–water partition coefficient (Wildman–Crippen LogP) is 2.38. The average Bonchev–Trinajstić information content (AvgIpc) is 3.03. The molecule has 0 saturated carbocycles. The van der Waals surface area contributed by atoms with Crippen LogP contribution >= 0.6 is 0 Å². The van der Waals surface area contributed by atoms with Crippen LogP contribution < -0.4 is 14.8 Å². The number of alkyl halides is 3.